The third-order valence-electron chi connectivity index (χ3n) is 7.35. The number of benzene rings is 1. The molecule has 38 heavy (non-hydrogen) atoms. The Kier molecular flexibility index (Phi) is 6.68. The average molecular weight is 543 g/mol. The van der Waals surface area contributed by atoms with Gasteiger partial charge in [-0.15, -0.1) is 11.3 Å². The summed E-state index contributed by atoms with van der Waals surface area (Å²) in [6.07, 6.45) is 3.73. The van der Waals surface area contributed by atoms with E-state index in [1.54, 1.807) is 36.0 Å². The van der Waals surface area contributed by atoms with Gasteiger partial charge in [0.2, 0.25) is 5.95 Å². The zero-order valence-corrected chi connectivity index (χ0v) is 21.4. The number of nitrogens with zero attached hydrogens (tertiary/aromatic N) is 4. The van der Waals surface area contributed by atoms with E-state index < -0.39 is 23.3 Å². The van der Waals surface area contributed by atoms with Gasteiger partial charge >= 0.3 is 12.1 Å². The van der Waals surface area contributed by atoms with Crippen molar-refractivity contribution in [1.82, 2.24) is 25.1 Å². The first-order chi connectivity index (χ1) is 18.0. The molecule has 5 rings (SSSR count). The van der Waals surface area contributed by atoms with E-state index in [9.17, 15) is 23.1 Å². The molecule has 0 radical (unpaired) electrons. The van der Waals surface area contributed by atoms with Crippen molar-refractivity contribution in [3.05, 3.63) is 59.8 Å². The maximum absolute atomic E-state index is 13.1. The van der Waals surface area contributed by atoms with Gasteiger partial charge in [-0.3, -0.25) is 9.89 Å². The number of aromatic nitrogens is 5. The van der Waals surface area contributed by atoms with Crippen LogP contribution >= 0.6 is 11.3 Å². The third kappa shape index (κ3) is 5.13. The van der Waals surface area contributed by atoms with E-state index in [0.29, 0.717) is 12.1 Å². The fraction of sp³-hybridized carbons (Fsp3) is 0.346. The van der Waals surface area contributed by atoms with Crippen LogP contribution in [0, 0.1) is 11.3 Å². The summed E-state index contributed by atoms with van der Waals surface area (Å²) in [5.41, 5.74) is 1.16. The first-order valence-corrected chi connectivity index (χ1v) is 12.9. The van der Waals surface area contributed by atoms with Crippen molar-refractivity contribution in [3.8, 4) is 21.6 Å². The molecule has 1 aliphatic rings. The molecular weight excluding hydrogens is 517 g/mol. The first-order valence-electron chi connectivity index (χ1n) is 12.0. The standard InChI is InChI=1S/C26H25F3N6O2S/c1-14-7-15(3-5-25(14,2)23(36)37)22-31-13-20(38-22)17-8-16(18-11-32-33-12-18)9-19(10-17)34-24-30-6-4-21(35-24)26(27,28)29/h4,6,8-15H,3,5,7H2,1-2H3,(H,32,33)(H,36,37)(H,30,34,35). The summed E-state index contributed by atoms with van der Waals surface area (Å²) in [5, 5.41) is 20.3. The third-order valence-corrected chi connectivity index (χ3v) is 8.56. The molecule has 1 aromatic carbocycles. The lowest BCUT2D eigenvalue weighted by Crippen LogP contribution is -2.38. The molecule has 3 unspecified atom stereocenters. The summed E-state index contributed by atoms with van der Waals surface area (Å²) in [6.45, 7) is 3.80. The van der Waals surface area contributed by atoms with Gasteiger partial charge in [0.15, 0.2) is 0 Å². The molecule has 0 aliphatic heterocycles. The zero-order chi connectivity index (χ0) is 27.1. The highest BCUT2D eigenvalue weighted by Gasteiger charge is 2.44. The molecule has 12 heteroatoms. The number of carboxylic acid groups (broad SMARTS) is 1. The van der Waals surface area contributed by atoms with Gasteiger partial charge in [-0.2, -0.15) is 18.3 Å². The van der Waals surface area contributed by atoms with E-state index in [0.717, 1.165) is 51.7 Å². The Bertz CT molecular complexity index is 1460. The number of alkyl halides is 3. The van der Waals surface area contributed by atoms with Crippen LogP contribution < -0.4 is 5.32 Å². The van der Waals surface area contributed by atoms with Gasteiger partial charge in [0.1, 0.15) is 5.69 Å². The Morgan fingerprint density at radius 1 is 1.18 bits per heavy atom. The Morgan fingerprint density at radius 3 is 2.66 bits per heavy atom. The van der Waals surface area contributed by atoms with Crippen LogP contribution in [0.5, 0.6) is 0 Å². The number of aromatic amines is 1. The number of aliphatic carboxylic acids is 1. The lowest BCUT2D eigenvalue weighted by Gasteiger charge is -2.39. The lowest BCUT2D eigenvalue weighted by molar-refractivity contribution is -0.153. The van der Waals surface area contributed by atoms with Crippen LogP contribution in [0.2, 0.25) is 0 Å². The number of nitrogens with one attached hydrogen (secondary N) is 2. The van der Waals surface area contributed by atoms with Crippen LogP contribution in [0.4, 0.5) is 24.8 Å². The van der Waals surface area contributed by atoms with Crippen molar-refractivity contribution < 1.29 is 23.1 Å². The van der Waals surface area contributed by atoms with Crippen LogP contribution in [0.3, 0.4) is 0 Å². The van der Waals surface area contributed by atoms with Crippen LogP contribution in [0.1, 0.15) is 49.7 Å². The summed E-state index contributed by atoms with van der Waals surface area (Å²) < 4.78 is 39.4. The molecule has 0 amide bonds. The second-order valence-corrected chi connectivity index (χ2v) is 10.9. The fourth-order valence-electron chi connectivity index (χ4n) is 4.80. The Balaban J connectivity index is 1.45. The summed E-state index contributed by atoms with van der Waals surface area (Å²) >= 11 is 1.54. The predicted molar refractivity (Wildman–Crippen MR) is 137 cm³/mol. The smallest absolute Gasteiger partial charge is 0.433 e. The minimum absolute atomic E-state index is 0.0128. The summed E-state index contributed by atoms with van der Waals surface area (Å²) in [4.78, 5) is 24.9. The second-order valence-electron chi connectivity index (χ2n) is 9.83. The van der Waals surface area contributed by atoms with Gasteiger partial charge in [0.05, 0.1) is 21.5 Å². The van der Waals surface area contributed by atoms with Crippen LogP contribution in [-0.2, 0) is 11.0 Å². The predicted octanol–water partition coefficient (Wildman–Crippen LogP) is 6.75. The lowest BCUT2D eigenvalue weighted by atomic mass is 9.65. The van der Waals surface area contributed by atoms with Gasteiger partial charge in [0, 0.05) is 35.8 Å². The van der Waals surface area contributed by atoms with Crippen molar-refractivity contribution in [2.75, 3.05) is 5.32 Å². The molecule has 3 N–H and O–H groups in total. The Hall–Kier alpha value is -3.80. The molecule has 3 heterocycles. The van der Waals surface area contributed by atoms with Crippen LogP contribution in [0.15, 0.2) is 49.1 Å². The minimum Gasteiger partial charge on any atom is -0.481 e. The fourth-order valence-corrected chi connectivity index (χ4v) is 5.85. The monoisotopic (exact) mass is 542 g/mol. The molecule has 1 aliphatic carbocycles. The number of halogens is 3. The van der Waals surface area contributed by atoms with Crippen LogP contribution in [0.25, 0.3) is 21.6 Å². The van der Waals surface area contributed by atoms with Crippen molar-refractivity contribution in [1.29, 1.82) is 0 Å². The number of hydrogen-bond acceptors (Lipinski definition) is 7. The molecule has 4 aromatic rings. The number of thiazole rings is 1. The van der Waals surface area contributed by atoms with Crippen molar-refractivity contribution in [2.24, 2.45) is 11.3 Å². The number of anilines is 2. The van der Waals surface area contributed by atoms with E-state index >= 15 is 0 Å². The quantitative estimate of drug-likeness (QED) is 0.247. The highest BCUT2D eigenvalue weighted by Crippen LogP contribution is 2.48. The number of rotatable bonds is 6. The topological polar surface area (TPSA) is 117 Å². The number of carbonyl (C=O) groups is 1. The SMILES string of the molecule is CC1CC(c2ncc(-c3cc(Nc4nccc(C(F)(F)F)n4)cc(-c4cn[nH]c4)c3)s2)CCC1(C)C(=O)O. The Morgan fingerprint density at radius 2 is 1.97 bits per heavy atom. The van der Waals surface area contributed by atoms with E-state index in [2.05, 4.69) is 30.5 Å². The number of hydrogen-bond donors (Lipinski definition) is 3. The number of carboxylic acids is 1. The van der Waals surface area contributed by atoms with Gasteiger partial charge in [0.25, 0.3) is 0 Å². The van der Waals surface area contributed by atoms with E-state index in [1.807, 2.05) is 26.0 Å². The summed E-state index contributed by atoms with van der Waals surface area (Å²) in [6, 6.07) is 6.39. The maximum atomic E-state index is 13.1. The normalized spacial score (nSPS) is 21.8. The van der Waals surface area contributed by atoms with E-state index in [4.69, 9.17) is 0 Å². The molecule has 1 saturated carbocycles. The van der Waals surface area contributed by atoms with Crippen molar-refractivity contribution in [3.63, 3.8) is 0 Å². The van der Waals surface area contributed by atoms with Gasteiger partial charge in [-0.25, -0.2) is 15.0 Å². The van der Waals surface area contributed by atoms with Crippen molar-refractivity contribution in [2.45, 2.75) is 45.2 Å². The molecule has 0 spiro atoms. The van der Waals surface area contributed by atoms with Gasteiger partial charge in [-0.1, -0.05) is 6.92 Å². The highest BCUT2D eigenvalue weighted by molar-refractivity contribution is 7.15. The number of H-pyrrole nitrogens is 1. The summed E-state index contributed by atoms with van der Waals surface area (Å²) in [7, 11) is 0. The highest BCUT2D eigenvalue weighted by atomic mass is 32.1. The molecule has 0 bridgehead atoms. The van der Waals surface area contributed by atoms with Gasteiger partial charge in [-0.05, 0) is 67.5 Å². The molecule has 3 aromatic heterocycles. The van der Waals surface area contributed by atoms with E-state index in [-0.39, 0.29) is 17.8 Å². The second kappa shape index (κ2) is 9.82. The maximum Gasteiger partial charge on any atom is 0.433 e. The zero-order valence-electron chi connectivity index (χ0n) is 20.6. The minimum atomic E-state index is -4.58. The largest absolute Gasteiger partial charge is 0.481 e. The van der Waals surface area contributed by atoms with E-state index in [1.165, 1.54) is 0 Å². The molecule has 8 nitrogen and oxygen atoms in total. The molecule has 1 fully saturated rings. The van der Waals surface area contributed by atoms with Crippen molar-refractivity contribution >= 4 is 28.9 Å². The van der Waals surface area contributed by atoms with Crippen LogP contribution in [-0.4, -0.2) is 36.2 Å². The average Bonchev–Trinajstić information content (AvgIpc) is 3.58. The molecular formula is C26H25F3N6O2S. The Labute approximate surface area is 220 Å². The molecule has 3 atom stereocenters. The summed E-state index contributed by atoms with van der Waals surface area (Å²) in [5.74, 6) is -0.745. The first kappa shape index (κ1) is 25.8. The van der Waals surface area contributed by atoms with Gasteiger partial charge < -0.3 is 10.4 Å². The molecule has 0 saturated heterocycles. The molecule has 198 valence electrons.